The highest BCUT2D eigenvalue weighted by molar-refractivity contribution is 9.10. The number of hydrogen-bond acceptors (Lipinski definition) is 5. The molecule has 0 saturated heterocycles. The lowest BCUT2D eigenvalue weighted by Crippen LogP contribution is -2.35. The number of fused-ring (bicyclic) bond motifs is 1. The van der Waals surface area contributed by atoms with Crippen molar-refractivity contribution in [3.05, 3.63) is 16.5 Å². The molecule has 10 heteroatoms. The van der Waals surface area contributed by atoms with Crippen molar-refractivity contribution in [3.8, 4) is 6.07 Å². The average Bonchev–Trinajstić information content (AvgIpc) is 2.94. The summed E-state index contributed by atoms with van der Waals surface area (Å²) in [5.74, 6) is 0.185. The van der Waals surface area contributed by atoms with Crippen molar-refractivity contribution in [1.29, 1.82) is 5.26 Å². The molecule has 0 aliphatic heterocycles. The largest absolute Gasteiger partial charge is 0.406 e. The first-order valence-electron chi connectivity index (χ1n) is 8.27. The maximum atomic E-state index is 12.9. The Morgan fingerprint density at radius 2 is 1.96 bits per heavy atom. The topological polar surface area (TPSA) is 78.6 Å². The second-order valence-electron chi connectivity index (χ2n) is 6.38. The molecule has 2 aromatic heterocycles. The number of anilines is 1. The van der Waals surface area contributed by atoms with Gasteiger partial charge in [-0.3, -0.25) is 0 Å². The lowest BCUT2D eigenvalue weighted by Gasteiger charge is -2.29. The van der Waals surface area contributed by atoms with Gasteiger partial charge in [0.2, 0.25) is 5.82 Å². The molecule has 1 aliphatic carbocycles. The second kappa shape index (κ2) is 7.40. The zero-order valence-corrected chi connectivity index (χ0v) is 15.7. The average molecular weight is 431 g/mol. The molecule has 0 radical (unpaired) electrons. The minimum Gasteiger partial charge on any atom is -0.366 e. The molecule has 0 amide bonds. The Bertz CT molecular complexity index is 833. The molecule has 1 fully saturated rings. The molecule has 2 aromatic rings. The van der Waals surface area contributed by atoms with Gasteiger partial charge in [-0.15, -0.1) is 0 Å². The van der Waals surface area contributed by atoms with Gasteiger partial charge in [0, 0.05) is 12.1 Å². The van der Waals surface area contributed by atoms with Crippen molar-refractivity contribution < 1.29 is 13.2 Å². The first-order valence-corrected chi connectivity index (χ1v) is 9.07. The number of alkyl halides is 3. The number of pyridine rings is 1. The summed E-state index contributed by atoms with van der Waals surface area (Å²) in [5, 5.41) is 15.7. The molecule has 140 valence electrons. The molecule has 0 spiro atoms. The fourth-order valence-electron chi connectivity index (χ4n) is 3.33. The highest BCUT2D eigenvalue weighted by atomic mass is 79.9. The van der Waals surface area contributed by atoms with Crippen LogP contribution >= 0.6 is 15.9 Å². The van der Waals surface area contributed by atoms with Crippen LogP contribution in [0.3, 0.4) is 0 Å². The molecule has 0 bridgehead atoms. The van der Waals surface area contributed by atoms with Crippen LogP contribution in [0.1, 0.15) is 31.5 Å². The van der Waals surface area contributed by atoms with E-state index in [1.807, 2.05) is 7.05 Å². The Balaban J connectivity index is 1.92. The molecular formula is C16H18BrF3N6. The third-order valence-electron chi connectivity index (χ3n) is 4.64. The minimum absolute atomic E-state index is 0.204. The standard InChI is InChI=1S/C16H18BrF3N6/c1-22-9-2-4-10(5-3-9)24-15-13(17)14-11(7-23-15)25-12(6-21)26(14)8-16(18,19)20/h7,9-10,22H,2-5,8H2,1H3,(H,23,24). The van der Waals surface area contributed by atoms with E-state index in [0.29, 0.717) is 16.3 Å². The van der Waals surface area contributed by atoms with Gasteiger partial charge in [-0.1, -0.05) is 0 Å². The normalized spacial score (nSPS) is 20.9. The lowest BCUT2D eigenvalue weighted by molar-refractivity contribution is -0.140. The number of hydrogen-bond donors (Lipinski definition) is 2. The van der Waals surface area contributed by atoms with Crippen molar-refractivity contribution in [2.45, 2.75) is 50.5 Å². The van der Waals surface area contributed by atoms with Gasteiger partial charge in [0.25, 0.3) is 0 Å². The maximum Gasteiger partial charge on any atom is 0.406 e. The van der Waals surface area contributed by atoms with Crippen molar-refractivity contribution in [1.82, 2.24) is 19.9 Å². The van der Waals surface area contributed by atoms with E-state index < -0.39 is 12.7 Å². The van der Waals surface area contributed by atoms with Gasteiger partial charge >= 0.3 is 6.18 Å². The van der Waals surface area contributed by atoms with Crippen LogP contribution in [-0.4, -0.2) is 39.8 Å². The molecule has 3 rings (SSSR count). The summed E-state index contributed by atoms with van der Waals surface area (Å²) in [7, 11) is 1.94. The van der Waals surface area contributed by atoms with Gasteiger partial charge in [0.1, 0.15) is 23.9 Å². The van der Waals surface area contributed by atoms with Crippen LogP contribution in [0.25, 0.3) is 11.0 Å². The maximum absolute atomic E-state index is 12.9. The first-order chi connectivity index (χ1) is 12.3. The second-order valence-corrected chi connectivity index (χ2v) is 7.18. The van der Waals surface area contributed by atoms with Gasteiger partial charge in [0.15, 0.2) is 0 Å². The molecule has 26 heavy (non-hydrogen) atoms. The molecule has 0 atom stereocenters. The smallest absolute Gasteiger partial charge is 0.366 e. The number of imidazole rings is 1. The van der Waals surface area contributed by atoms with Crippen molar-refractivity contribution >= 4 is 32.8 Å². The van der Waals surface area contributed by atoms with Gasteiger partial charge < -0.3 is 15.2 Å². The van der Waals surface area contributed by atoms with E-state index in [-0.39, 0.29) is 22.9 Å². The van der Waals surface area contributed by atoms with Crippen LogP contribution in [0, 0.1) is 11.3 Å². The fraction of sp³-hybridized carbons (Fsp3) is 0.562. The number of halogens is 4. The highest BCUT2D eigenvalue weighted by Crippen LogP contribution is 2.33. The Morgan fingerprint density at radius 1 is 1.31 bits per heavy atom. The van der Waals surface area contributed by atoms with Crippen LogP contribution in [0.4, 0.5) is 19.0 Å². The summed E-state index contributed by atoms with van der Waals surface area (Å²) in [6.07, 6.45) is 0.888. The number of rotatable bonds is 4. The molecule has 2 heterocycles. The molecule has 2 N–H and O–H groups in total. The summed E-state index contributed by atoms with van der Waals surface area (Å²) in [6, 6.07) is 2.43. The third-order valence-corrected chi connectivity index (χ3v) is 5.39. The number of aromatic nitrogens is 3. The van der Waals surface area contributed by atoms with Gasteiger partial charge in [0.05, 0.1) is 16.2 Å². The van der Waals surface area contributed by atoms with Crippen LogP contribution in [0.5, 0.6) is 0 Å². The van der Waals surface area contributed by atoms with E-state index in [2.05, 4.69) is 36.5 Å². The van der Waals surface area contributed by atoms with Crippen LogP contribution in [0.2, 0.25) is 0 Å². The van der Waals surface area contributed by atoms with Crippen LogP contribution in [0.15, 0.2) is 10.7 Å². The van der Waals surface area contributed by atoms with E-state index in [4.69, 9.17) is 5.26 Å². The van der Waals surface area contributed by atoms with E-state index in [0.717, 1.165) is 30.3 Å². The molecule has 1 saturated carbocycles. The SMILES string of the molecule is CNC1CCC(Nc2ncc3nc(C#N)n(CC(F)(F)F)c3c2Br)CC1. The summed E-state index contributed by atoms with van der Waals surface area (Å²) < 4.78 is 40.1. The third kappa shape index (κ3) is 3.94. The Hall–Kier alpha value is -1.86. The Labute approximate surface area is 156 Å². The summed E-state index contributed by atoms with van der Waals surface area (Å²) in [4.78, 5) is 8.24. The van der Waals surface area contributed by atoms with Gasteiger partial charge in [-0.25, -0.2) is 9.97 Å². The van der Waals surface area contributed by atoms with E-state index >= 15 is 0 Å². The highest BCUT2D eigenvalue weighted by Gasteiger charge is 2.31. The molecular weight excluding hydrogens is 413 g/mol. The van der Waals surface area contributed by atoms with Gasteiger partial charge in [-0.2, -0.15) is 18.4 Å². The van der Waals surface area contributed by atoms with Crippen molar-refractivity contribution in [3.63, 3.8) is 0 Å². The fourth-order valence-corrected chi connectivity index (χ4v) is 3.96. The quantitative estimate of drug-likeness (QED) is 0.774. The minimum atomic E-state index is -4.46. The summed E-state index contributed by atoms with van der Waals surface area (Å²) >= 11 is 3.36. The molecule has 1 aliphatic rings. The number of nitriles is 1. The van der Waals surface area contributed by atoms with Crippen molar-refractivity contribution in [2.24, 2.45) is 0 Å². The van der Waals surface area contributed by atoms with E-state index in [1.165, 1.54) is 6.20 Å². The molecule has 0 unspecified atom stereocenters. The van der Waals surface area contributed by atoms with Gasteiger partial charge in [-0.05, 0) is 48.7 Å². The number of nitrogens with one attached hydrogen (secondary N) is 2. The Morgan fingerprint density at radius 3 is 2.54 bits per heavy atom. The predicted molar refractivity (Wildman–Crippen MR) is 94.7 cm³/mol. The first kappa shape index (κ1) is 18.9. The molecule has 6 nitrogen and oxygen atoms in total. The zero-order valence-electron chi connectivity index (χ0n) is 14.1. The van der Waals surface area contributed by atoms with Crippen molar-refractivity contribution in [2.75, 3.05) is 12.4 Å². The number of nitrogens with zero attached hydrogens (tertiary/aromatic N) is 4. The summed E-state index contributed by atoms with van der Waals surface area (Å²) in [6.45, 7) is -1.28. The summed E-state index contributed by atoms with van der Waals surface area (Å²) in [5.41, 5.74) is 0.474. The van der Waals surface area contributed by atoms with E-state index in [9.17, 15) is 13.2 Å². The van der Waals surface area contributed by atoms with E-state index in [1.54, 1.807) is 6.07 Å². The van der Waals surface area contributed by atoms with Crippen LogP contribution < -0.4 is 10.6 Å². The lowest BCUT2D eigenvalue weighted by atomic mass is 9.91. The molecule has 0 aromatic carbocycles. The zero-order chi connectivity index (χ0) is 18.9. The predicted octanol–water partition coefficient (Wildman–Crippen LogP) is 3.57. The van der Waals surface area contributed by atoms with Crippen LogP contribution in [-0.2, 0) is 6.54 Å². The monoisotopic (exact) mass is 430 g/mol. The Kier molecular flexibility index (Phi) is 5.39.